The van der Waals surface area contributed by atoms with Crippen molar-refractivity contribution in [2.45, 2.75) is 0 Å². The molecule has 0 aliphatic heterocycles. The Morgan fingerprint density at radius 3 is 2.67 bits per heavy atom. The first-order chi connectivity index (χ1) is 10.2. The van der Waals surface area contributed by atoms with Crippen LogP contribution in [0.25, 0.3) is 10.8 Å². The van der Waals surface area contributed by atoms with Gasteiger partial charge in [0.05, 0.1) is 5.69 Å². The number of amides is 2. The second kappa shape index (κ2) is 5.93. The van der Waals surface area contributed by atoms with E-state index in [1.54, 1.807) is 18.3 Å². The highest BCUT2D eigenvalue weighted by atomic mass is 79.9. The number of pyridine rings is 1. The molecule has 5 heteroatoms. The molecule has 2 aromatic carbocycles. The van der Waals surface area contributed by atoms with Crippen molar-refractivity contribution in [1.29, 1.82) is 0 Å². The molecule has 0 radical (unpaired) electrons. The SMILES string of the molecule is O=C(Nc1cc(Br)ccn1)Nc1cccc2ccccc12. The normalized spacial score (nSPS) is 10.3. The van der Waals surface area contributed by atoms with E-state index < -0.39 is 0 Å². The highest BCUT2D eigenvalue weighted by Gasteiger charge is 2.06. The molecular formula is C16H12BrN3O. The zero-order valence-corrected chi connectivity index (χ0v) is 12.6. The Balaban J connectivity index is 1.80. The van der Waals surface area contributed by atoms with E-state index in [1.165, 1.54) is 0 Å². The van der Waals surface area contributed by atoms with Crippen molar-refractivity contribution in [3.8, 4) is 0 Å². The maximum atomic E-state index is 12.1. The van der Waals surface area contributed by atoms with Gasteiger partial charge in [-0.05, 0) is 23.6 Å². The van der Waals surface area contributed by atoms with Crippen LogP contribution in [0.4, 0.5) is 16.3 Å². The Morgan fingerprint density at radius 1 is 1.00 bits per heavy atom. The minimum atomic E-state index is -0.322. The predicted octanol–water partition coefficient (Wildman–Crippen LogP) is 4.64. The van der Waals surface area contributed by atoms with E-state index in [-0.39, 0.29) is 6.03 Å². The number of hydrogen-bond acceptors (Lipinski definition) is 2. The van der Waals surface area contributed by atoms with Gasteiger partial charge in [0, 0.05) is 16.1 Å². The molecule has 0 atom stereocenters. The third kappa shape index (κ3) is 3.20. The Morgan fingerprint density at radius 2 is 1.81 bits per heavy atom. The lowest BCUT2D eigenvalue weighted by atomic mass is 10.1. The number of halogens is 1. The first-order valence-corrected chi connectivity index (χ1v) is 7.19. The molecule has 104 valence electrons. The Kier molecular flexibility index (Phi) is 3.83. The van der Waals surface area contributed by atoms with Crippen LogP contribution in [0, 0.1) is 0 Å². The van der Waals surface area contributed by atoms with Crippen molar-refractivity contribution in [1.82, 2.24) is 4.98 Å². The summed E-state index contributed by atoms with van der Waals surface area (Å²) in [5.41, 5.74) is 0.764. The van der Waals surface area contributed by atoms with E-state index in [1.807, 2.05) is 42.5 Å². The number of urea groups is 1. The van der Waals surface area contributed by atoms with Gasteiger partial charge in [-0.3, -0.25) is 5.32 Å². The van der Waals surface area contributed by atoms with E-state index in [0.717, 1.165) is 20.9 Å². The van der Waals surface area contributed by atoms with E-state index in [4.69, 9.17) is 0 Å². The molecule has 0 spiro atoms. The molecule has 0 fully saturated rings. The van der Waals surface area contributed by atoms with Gasteiger partial charge in [0.2, 0.25) is 0 Å². The van der Waals surface area contributed by atoms with Crippen molar-refractivity contribution >= 4 is 44.2 Å². The monoisotopic (exact) mass is 341 g/mol. The third-order valence-electron chi connectivity index (χ3n) is 3.00. The van der Waals surface area contributed by atoms with Crippen molar-refractivity contribution in [2.24, 2.45) is 0 Å². The number of hydrogen-bond donors (Lipinski definition) is 2. The van der Waals surface area contributed by atoms with Crippen LogP contribution in [0.3, 0.4) is 0 Å². The second-order valence-electron chi connectivity index (χ2n) is 4.47. The van der Waals surface area contributed by atoms with Gasteiger partial charge in [-0.1, -0.05) is 52.3 Å². The van der Waals surface area contributed by atoms with E-state index >= 15 is 0 Å². The summed E-state index contributed by atoms with van der Waals surface area (Å²) >= 11 is 3.34. The number of carbonyl (C=O) groups is 1. The molecular weight excluding hydrogens is 330 g/mol. The van der Waals surface area contributed by atoms with Crippen LogP contribution >= 0.6 is 15.9 Å². The number of carbonyl (C=O) groups excluding carboxylic acids is 1. The number of aromatic nitrogens is 1. The average molecular weight is 342 g/mol. The summed E-state index contributed by atoms with van der Waals surface area (Å²) in [5.74, 6) is 0.488. The zero-order valence-electron chi connectivity index (χ0n) is 11.0. The summed E-state index contributed by atoms with van der Waals surface area (Å²) in [6.45, 7) is 0. The molecule has 1 aromatic heterocycles. The number of rotatable bonds is 2. The molecule has 0 saturated heterocycles. The van der Waals surface area contributed by atoms with E-state index in [0.29, 0.717) is 5.82 Å². The van der Waals surface area contributed by atoms with Crippen molar-refractivity contribution < 1.29 is 4.79 Å². The maximum Gasteiger partial charge on any atom is 0.324 e. The molecule has 21 heavy (non-hydrogen) atoms. The summed E-state index contributed by atoms with van der Waals surface area (Å²) < 4.78 is 0.859. The van der Waals surface area contributed by atoms with Crippen molar-refractivity contribution in [3.05, 3.63) is 65.3 Å². The second-order valence-corrected chi connectivity index (χ2v) is 5.38. The van der Waals surface area contributed by atoms with E-state index in [9.17, 15) is 4.79 Å². The average Bonchev–Trinajstić information content (AvgIpc) is 2.47. The molecule has 0 aliphatic rings. The van der Waals surface area contributed by atoms with Crippen LogP contribution < -0.4 is 10.6 Å². The van der Waals surface area contributed by atoms with Crippen LogP contribution in [0.1, 0.15) is 0 Å². The number of nitrogens with one attached hydrogen (secondary N) is 2. The molecule has 3 aromatic rings. The minimum Gasteiger partial charge on any atom is -0.307 e. The van der Waals surface area contributed by atoms with Crippen LogP contribution in [0.5, 0.6) is 0 Å². The Hall–Kier alpha value is -2.40. The first-order valence-electron chi connectivity index (χ1n) is 6.40. The summed E-state index contributed by atoms with van der Waals surface area (Å²) in [5, 5.41) is 7.63. The van der Waals surface area contributed by atoms with Gasteiger partial charge >= 0.3 is 6.03 Å². The van der Waals surface area contributed by atoms with Gasteiger partial charge in [-0.15, -0.1) is 0 Å². The van der Waals surface area contributed by atoms with Crippen LogP contribution in [-0.4, -0.2) is 11.0 Å². The molecule has 0 unspecified atom stereocenters. The number of anilines is 2. The summed E-state index contributed by atoms with van der Waals surface area (Å²) in [6.07, 6.45) is 1.62. The number of fused-ring (bicyclic) bond motifs is 1. The summed E-state index contributed by atoms with van der Waals surface area (Å²) in [4.78, 5) is 16.1. The third-order valence-corrected chi connectivity index (χ3v) is 3.49. The van der Waals surface area contributed by atoms with Crippen molar-refractivity contribution in [2.75, 3.05) is 10.6 Å². The van der Waals surface area contributed by atoms with Gasteiger partial charge in [0.25, 0.3) is 0 Å². The molecule has 4 nitrogen and oxygen atoms in total. The fraction of sp³-hybridized carbons (Fsp3) is 0. The fourth-order valence-corrected chi connectivity index (χ4v) is 2.41. The fourth-order valence-electron chi connectivity index (χ4n) is 2.08. The standard InChI is InChI=1S/C16H12BrN3O/c17-12-8-9-18-15(10-12)20-16(21)19-14-7-3-5-11-4-1-2-6-13(11)14/h1-10H,(H2,18,19,20,21). The zero-order chi connectivity index (χ0) is 14.7. The molecule has 0 saturated carbocycles. The van der Waals surface area contributed by atoms with Gasteiger partial charge in [-0.25, -0.2) is 9.78 Å². The minimum absolute atomic E-state index is 0.322. The van der Waals surface area contributed by atoms with Gasteiger partial charge in [0.1, 0.15) is 5.82 Å². The molecule has 1 heterocycles. The number of nitrogens with zero attached hydrogens (tertiary/aromatic N) is 1. The summed E-state index contributed by atoms with van der Waals surface area (Å²) in [6, 6.07) is 16.9. The van der Waals surface area contributed by atoms with Crippen LogP contribution in [-0.2, 0) is 0 Å². The number of benzene rings is 2. The van der Waals surface area contributed by atoms with Crippen molar-refractivity contribution in [3.63, 3.8) is 0 Å². The highest BCUT2D eigenvalue weighted by molar-refractivity contribution is 9.10. The van der Waals surface area contributed by atoms with Gasteiger partial charge < -0.3 is 5.32 Å². The van der Waals surface area contributed by atoms with Gasteiger partial charge in [-0.2, -0.15) is 0 Å². The molecule has 2 N–H and O–H groups in total. The quantitative estimate of drug-likeness (QED) is 0.713. The predicted molar refractivity (Wildman–Crippen MR) is 88.5 cm³/mol. The molecule has 2 amide bonds. The van der Waals surface area contributed by atoms with Crippen LogP contribution in [0.15, 0.2) is 65.3 Å². The van der Waals surface area contributed by atoms with Crippen LogP contribution in [0.2, 0.25) is 0 Å². The lowest BCUT2D eigenvalue weighted by Crippen LogP contribution is -2.20. The topological polar surface area (TPSA) is 54.0 Å². The molecule has 0 aliphatic carbocycles. The smallest absolute Gasteiger partial charge is 0.307 e. The lowest BCUT2D eigenvalue weighted by molar-refractivity contribution is 0.262. The largest absolute Gasteiger partial charge is 0.324 e. The highest BCUT2D eigenvalue weighted by Crippen LogP contribution is 2.23. The Labute approximate surface area is 130 Å². The molecule has 3 rings (SSSR count). The summed E-state index contributed by atoms with van der Waals surface area (Å²) in [7, 11) is 0. The Bertz CT molecular complexity index is 799. The lowest BCUT2D eigenvalue weighted by Gasteiger charge is -2.09. The molecule has 0 bridgehead atoms. The van der Waals surface area contributed by atoms with E-state index in [2.05, 4.69) is 31.5 Å². The maximum absolute atomic E-state index is 12.1. The van der Waals surface area contributed by atoms with Gasteiger partial charge in [0.15, 0.2) is 0 Å². The first kappa shape index (κ1) is 13.6.